The molecule has 4 rings (SSSR count). The monoisotopic (exact) mass is 502 g/mol. The Hall–Kier alpha value is -4.93. The summed E-state index contributed by atoms with van der Waals surface area (Å²) in [5, 5.41) is 25.9. The van der Waals surface area contributed by atoms with Crippen molar-refractivity contribution in [2.45, 2.75) is 33.1 Å². The van der Waals surface area contributed by atoms with Crippen LogP contribution >= 0.6 is 0 Å². The lowest BCUT2D eigenvalue weighted by Crippen LogP contribution is -2.25. The zero-order valence-electron chi connectivity index (χ0n) is 20.7. The Kier molecular flexibility index (Phi) is 6.79. The summed E-state index contributed by atoms with van der Waals surface area (Å²) >= 11 is 0. The molecule has 0 spiro atoms. The molecule has 2 heterocycles. The predicted octanol–water partition coefficient (Wildman–Crippen LogP) is 4.43. The third-order valence-electron chi connectivity index (χ3n) is 5.26. The SMILES string of the molecule is Cc1cccc(-n2nc(C(=O)Nc3ccc(NC(=O)Nc4cc(C(C)(C)C)on4)cc3)c(O)cc2=O)c1. The van der Waals surface area contributed by atoms with Gasteiger partial charge < -0.3 is 20.3 Å². The van der Waals surface area contributed by atoms with E-state index in [0.717, 1.165) is 16.3 Å². The van der Waals surface area contributed by atoms with E-state index in [0.29, 0.717) is 22.8 Å². The second-order valence-corrected chi connectivity index (χ2v) is 9.40. The first-order valence-corrected chi connectivity index (χ1v) is 11.4. The first-order valence-electron chi connectivity index (χ1n) is 11.4. The maximum Gasteiger partial charge on any atom is 0.324 e. The molecule has 0 unspecified atom stereocenters. The number of hydrogen-bond acceptors (Lipinski definition) is 7. The van der Waals surface area contributed by atoms with E-state index >= 15 is 0 Å². The number of carbonyl (C=O) groups is 2. The molecule has 0 fully saturated rings. The predicted molar refractivity (Wildman–Crippen MR) is 138 cm³/mol. The van der Waals surface area contributed by atoms with Crippen molar-refractivity contribution in [2.75, 3.05) is 16.0 Å². The normalized spacial score (nSPS) is 11.1. The van der Waals surface area contributed by atoms with Gasteiger partial charge in [-0.3, -0.25) is 14.9 Å². The van der Waals surface area contributed by atoms with Crippen molar-refractivity contribution < 1.29 is 19.2 Å². The number of urea groups is 1. The van der Waals surface area contributed by atoms with Crippen LogP contribution in [0.3, 0.4) is 0 Å². The molecule has 2 aromatic heterocycles. The lowest BCUT2D eigenvalue weighted by molar-refractivity contribution is 0.101. The van der Waals surface area contributed by atoms with Crippen LogP contribution in [-0.4, -0.2) is 32.0 Å². The largest absolute Gasteiger partial charge is 0.505 e. The van der Waals surface area contributed by atoms with Gasteiger partial charge in [0.05, 0.1) is 5.69 Å². The first kappa shape index (κ1) is 25.2. The summed E-state index contributed by atoms with van der Waals surface area (Å²) in [6, 6.07) is 15.4. The molecule has 0 radical (unpaired) electrons. The van der Waals surface area contributed by atoms with Gasteiger partial charge in [-0.15, -0.1) is 0 Å². The Morgan fingerprint density at radius 1 is 0.946 bits per heavy atom. The molecule has 190 valence electrons. The number of rotatable bonds is 5. The Morgan fingerprint density at radius 3 is 2.24 bits per heavy atom. The molecule has 4 aromatic rings. The fraction of sp³-hybridized carbons (Fsp3) is 0.192. The Morgan fingerprint density at radius 2 is 1.62 bits per heavy atom. The summed E-state index contributed by atoms with van der Waals surface area (Å²) in [5.41, 5.74) is 1.09. The van der Waals surface area contributed by atoms with Crippen molar-refractivity contribution in [2.24, 2.45) is 0 Å². The average Bonchev–Trinajstić information content (AvgIpc) is 3.29. The molecule has 0 atom stereocenters. The van der Waals surface area contributed by atoms with Crippen LogP contribution in [0, 0.1) is 6.92 Å². The van der Waals surface area contributed by atoms with E-state index in [4.69, 9.17) is 4.52 Å². The number of aromatic hydroxyl groups is 1. The van der Waals surface area contributed by atoms with Gasteiger partial charge in [-0.1, -0.05) is 38.1 Å². The minimum absolute atomic E-state index is 0.242. The lowest BCUT2D eigenvalue weighted by Gasteiger charge is -2.12. The summed E-state index contributed by atoms with van der Waals surface area (Å²) in [5.74, 6) is -0.329. The van der Waals surface area contributed by atoms with Crippen molar-refractivity contribution in [3.8, 4) is 11.4 Å². The van der Waals surface area contributed by atoms with Gasteiger partial charge in [0, 0.05) is 28.9 Å². The van der Waals surface area contributed by atoms with Gasteiger partial charge in [0.25, 0.3) is 11.5 Å². The molecule has 37 heavy (non-hydrogen) atoms. The Balaban J connectivity index is 1.42. The molecule has 0 aliphatic carbocycles. The number of benzene rings is 2. The fourth-order valence-electron chi connectivity index (χ4n) is 3.35. The second kappa shape index (κ2) is 9.97. The highest BCUT2D eigenvalue weighted by molar-refractivity contribution is 6.05. The molecule has 0 saturated heterocycles. The van der Waals surface area contributed by atoms with Gasteiger partial charge >= 0.3 is 6.03 Å². The topological polar surface area (TPSA) is 151 Å². The smallest absolute Gasteiger partial charge is 0.324 e. The number of hydrogen-bond donors (Lipinski definition) is 4. The van der Waals surface area contributed by atoms with Gasteiger partial charge in [-0.05, 0) is 48.9 Å². The van der Waals surface area contributed by atoms with Gasteiger partial charge in [-0.25, -0.2) is 4.79 Å². The second-order valence-electron chi connectivity index (χ2n) is 9.40. The molecule has 0 bridgehead atoms. The molecule has 4 N–H and O–H groups in total. The number of aryl methyl sites for hydroxylation is 1. The third kappa shape index (κ3) is 6.01. The number of nitrogens with zero attached hydrogens (tertiary/aromatic N) is 3. The molecule has 11 nitrogen and oxygen atoms in total. The summed E-state index contributed by atoms with van der Waals surface area (Å²) < 4.78 is 6.30. The fourth-order valence-corrected chi connectivity index (χ4v) is 3.35. The highest BCUT2D eigenvalue weighted by Crippen LogP contribution is 2.24. The number of aromatic nitrogens is 3. The minimum atomic E-state index is -0.710. The summed E-state index contributed by atoms with van der Waals surface area (Å²) in [6.45, 7) is 7.77. The van der Waals surface area contributed by atoms with E-state index in [1.54, 1.807) is 48.5 Å². The van der Waals surface area contributed by atoms with E-state index in [9.17, 15) is 19.5 Å². The van der Waals surface area contributed by atoms with Crippen LogP contribution in [0.2, 0.25) is 0 Å². The molecule has 0 aliphatic rings. The van der Waals surface area contributed by atoms with Gasteiger partial charge in [0.2, 0.25) is 0 Å². The van der Waals surface area contributed by atoms with E-state index in [2.05, 4.69) is 26.2 Å². The minimum Gasteiger partial charge on any atom is -0.505 e. The van der Waals surface area contributed by atoms with Gasteiger partial charge in [-0.2, -0.15) is 9.78 Å². The van der Waals surface area contributed by atoms with E-state index in [1.165, 1.54) is 0 Å². The Bertz CT molecular complexity index is 1520. The van der Waals surface area contributed by atoms with Crippen LogP contribution in [0.15, 0.2) is 70.0 Å². The van der Waals surface area contributed by atoms with Crippen LogP contribution in [0.4, 0.5) is 22.0 Å². The lowest BCUT2D eigenvalue weighted by atomic mass is 9.93. The maximum absolute atomic E-state index is 12.8. The third-order valence-corrected chi connectivity index (χ3v) is 5.26. The zero-order chi connectivity index (χ0) is 26.7. The highest BCUT2D eigenvalue weighted by atomic mass is 16.5. The molecular formula is C26H26N6O5. The Labute approximate surface area is 212 Å². The molecular weight excluding hydrogens is 476 g/mol. The van der Waals surface area contributed by atoms with Crippen LogP contribution < -0.4 is 21.5 Å². The van der Waals surface area contributed by atoms with Crippen molar-refractivity contribution in [3.63, 3.8) is 0 Å². The van der Waals surface area contributed by atoms with Crippen molar-refractivity contribution in [3.05, 3.63) is 88.0 Å². The summed E-state index contributed by atoms with van der Waals surface area (Å²) in [7, 11) is 0. The van der Waals surface area contributed by atoms with E-state index in [1.807, 2.05) is 33.8 Å². The van der Waals surface area contributed by atoms with Gasteiger partial charge in [0.1, 0.15) is 5.76 Å². The molecule has 0 saturated carbocycles. The van der Waals surface area contributed by atoms with Crippen molar-refractivity contribution in [1.29, 1.82) is 0 Å². The molecule has 2 aromatic carbocycles. The van der Waals surface area contributed by atoms with Crippen molar-refractivity contribution in [1.82, 2.24) is 14.9 Å². The van der Waals surface area contributed by atoms with Crippen LogP contribution in [0.1, 0.15) is 42.6 Å². The standard InChI is InChI=1S/C26H26N6O5/c1-15-6-5-7-18(12-15)32-22(34)13-19(33)23(30-32)24(35)27-16-8-10-17(11-9-16)28-25(36)29-21-14-20(37-31-21)26(2,3)4/h5-14,33H,1-4H3,(H,27,35)(H2,28,29,31,36). The van der Waals surface area contributed by atoms with Crippen molar-refractivity contribution >= 4 is 29.1 Å². The first-order chi connectivity index (χ1) is 17.5. The van der Waals surface area contributed by atoms with E-state index < -0.39 is 23.2 Å². The molecule has 0 aliphatic heterocycles. The van der Waals surface area contributed by atoms with Gasteiger partial charge in [0.15, 0.2) is 17.3 Å². The van der Waals surface area contributed by atoms with E-state index in [-0.39, 0.29) is 16.9 Å². The van der Waals surface area contributed by atoms with Crippen LogP contribution in [0.5, 0.6) is 5.75 Å². The zero-order valence-corrected chi connectivity index (χ0v) is 20.7. The quantitative estimate of drug-likeness (QED) is 0.315. The number of amides is 3. The van der Waals surface area contributed by atoms with Crippen LogP contribution in [-0.2, 0) is 5.41 Å². The number of carbonyl (C=O) groups excluding carboxylic acids is 2. The maximum atomic E-state index is 12.8. The number of anilines is 3. The number of nitrogens with one attached hydrogen (secondary N) is 3. The summed E-state index contributed by atoms with van der Waals surface area (Å²) in [4.78, 5) is 37.4. The molecule has 11 heteroatoms. The molecule has 3 amide bonds. The average molecular weight is 503 g/mol. The summed E-state index contributed by atoms with van der Waals surface area (Å²) in [6.07, 6.45) is 0. The highest BCUT2D eigenvalue weighted by Gasteiger charge is 2.20. The van der Waals surface area contributed by atoms with Crippen LogP contribution in [0.25, 0.3) is 5.69 Å².